The van der Waals surface area contributed by atoms with Gasteiger partial charge in [-0.25, -0.2) is 9.97 Å². The van der Waals surface area contributed by atoms with E-state index in [1.54, 1.807) is 18.3 Å². The minimum Gasteiger partial charge on any atom is -0.508 e. The zero-order valence-corrected chi connectivity index (χ0v) is 10.2. The van der Waals surface area contributed by atoms with Crippen molar-refractivity contribution in [2.24, 2.45) is 0 Å². The van der Waals surface area contributed by atoms with E-state index >= 15 is 0 Å². The largest absolute Gasteiger partial charge is 0.508 e. The maximum atomic E-state index is 9.68. The highest BCUT2D eigenvalue weighted by Crippen LogP contribution is 2.17. The Kier molecular flexibility index (Phi) is 2.98. The third kappa shape index (κ3) is 2.47. The van der Waals surface area contributed by atoms with Gasteiger partial charge in [0.05, 0.1) is 5.52 Å². The van der Waals surface area contributed by atoms with Gasteiger partial charge in [-0.1, -0.05) is 36.4 Å². The molecule has 0 aliphatic rings. The highest BCUT2D eigenvalue weighted by atomic mass is 16.3. The Bertz CT molecular complexity index is 712. The Hall–Kier alpha value is -2.62. The van der Waals surface area contributed by atoms with Gasteiger partial charge in [-0.15, -0.1) is 0 Å². The number of anilines is 1. The van der Waals surface area contributed by atoms with Gasteiger partial charge in [0.2, 0.25) is 5.95 Å². The Morgan fingerprint density at radius 3 is 2.68 bits per heavy atom. The summed E-state index contributed by atoms with van der Waals surface area (Å²) < 4.78 is 0. The van der Waals surface area contributed by atoms with Crippen LogP contribution in [0.1, 0.15) is 5.56 Å². The first kappa shape index (κ1) is 11.5. The van der Waals surface area contributed by atoms with Crippen LogP contribution >= 0.6 is 0 Å². The number of nitrogens with zero attached hydrogens (tertiary/aromatic N) is 2. The van der Waals surface area contributed by atoms with E-state index in [9.17, 15) is 5.11 Å². The van der Waals surface area contributed by atoms with E-state index in [0.717, 1.165) is 16.5 Å². The number of para-hydroxylation sites is 2. The highest BCUT2D eigenvalue weighted by molar-refractivity contribution is 5.78. The molecule has 3 aromatic rings. The first-order valence-electron chi connectivity index (χ1n) is 6.05. The summed E-state index contributed by atoms with van der Waals surface area (Å²) in [5, 5.41) is 13.8. The molecule has 0 unspecified atom stereocenters. The average molecular weight is 251 g/mol. The Morgan fingerprint density at radius 1 is 1.00 bits per heavy atom. The van der Waals surface area contributed by atoms with Crippen molar-refractivity contribution in [3.63, 3.8) is 0 Å². The predicted molar refractivity (Wildman–Crippen MR) is 75.0 cm³/mol. The van der Waals surface area contributed by atoms with Crippen molar-refractivity contribution in [1.82, 2.24) is 9.97 Å². The zero-order valence-electron chi connectivity index (χ0n) is 10.2. The number of benzene rings is 2. The van der Waals surface area contributed by atoms with Crippen LogP contribution in [0, 0.1) is 0 Å². The lowest BCUT2D eigenvalue weighted by atomic mass is 10.2. The number of phenols is 1. The highest BCUT2D eigenvalue weighted by Gasteiger charge is 2.02. The second-order valence-corrected chi connectivity index (χ2v) is 4.23. The first-order valence-corrected chi connectivity index (χ1v) is 6.05. The van der Waals surface area contributed by atoms with Crippen LogP contribution in [0.15, 0.2) is 54.7 Å². The smallest absolute Gasteiger partial charge is 0.223 e. The van der Waals surface area contributed by atoms with E-state index in [2.05, 4.69) is 15.3 Å². The van der Waals surface area contributed by atoms with Gasteiger partial charge in [0.15, 0.2) is 0 Å². The topological polar surface area (TPSA) is 58.0 Å². The fraction of sp³-hybridized carbons (Fsp3) is 0.0667. The number of hydrogen-bond acceptors (Lipinski definition) is 4. The average Bonchev–Trinajstić information content (AvgIpc) is 2.46. The maximum Gasteiger partial charge on any atom is 0.223 e. The second-order valence-electron chi connectivity index (χ2n) is 4.23. The normalized spacial score (nSPS) is 10.5. The lowest BCUT2D eigenvalue weighted by Gasteiger charge is -2.07. The Labute approximate surface area is 110 Å². The monoisotopic (exact) mass is 251 g/mol. The molecule has 94 valence electrons. The maximum absolute atomic E-state index is 9.68. The van der Waals surface area contributed by atoms with Gasteiger partial charge in [0.25, 0.3) is 0 Å². The fourth-order valence-electron chi connectivity index (χ4n) is 1.89. The molecule has 0 saturated heterocycles. The lowest BCUT2D eigenvalue weighted by Crippen LogP contribution is -2.03. The van der Waals surface area contributed by atoms with Crippen molar-refractivity contribution in [3.05, 3.63) is 60.3 Å². The minimum absolute atomic E-state index is 0.274. The van der Waals surface area contributed by atoms with Gasteiger partial charge in [0.1, 0.15) is 5.75 Å². The van der Waals surface area contributed by atoms with Crippen LogP contribution in [0.2, 0.25) is 0 Å². The molecular weight excluding hydrogens is 238 g/mol. The number of aromatic nitrogens is 2. The van der Waals surface area contributed by atoms with E-state index < -0.39 is 0 Å². The summed E-state index contributed by atoms with van der Waals surface area (Å²) in [6.45, 7) is 0.491. The van der Waals surface area contributed by atoms with E-state index in [4.69, 9.17) is 0 Å². The van der Waals surface area contributed by atoms with Crippen molar-refractivity contribution in [1.29, 1.82) is 0 Å². The van der Waals surface area contributed by atoms with Crippen molar-refractivity contribution in [2.45, 2.75) is 6.54 Å². The van der Waals surface area contributed by atoms with Gasteiger partial charge in [-0.2, -0.15) is 0 Å². The van der Waals surface area contributed by atoms with Gasteiger partial charge in [-0.3, -0.25) is 0 Å². The van der Waals surface area contributed by atoms with Gasteiger partial charge >= 0.3 is 0 Å². The quantitative estimate of drug-likeness (QED) is 0.751. The van der Waals surface area contributed by atoms with Crippen LogP contribution in [0.25, 0.3) is 10.9 Å². The molecule has 0 bridgehead atoms. The molecule has 0 saturated carbocycles. The molecule has 2 aromatic carbocycles. The summed E-state index contributed by atoms with van der Waals surface area (Å²) >= 11 is 0. The van der Waals surface area contributed by atoms with Crippen molar-refractivity contribution < 1.29 is 5.11 Å². The molecule has 0 atom stereocenters. The summed E-state index contributed by atoms with van der Waals surface area (Å²) in [4.78, 5) is 8.66. The zero-order chi connectivity index (χ0) is 13.1. The number of hydrogen-bond donors (Lipinski definition) is 2. The molecule has 0 fully saturated rings. The number of phenolic OH excluding ortho intramolecular Hbond substituents is 1. The van der Waals surface area contributed by atoms with E-state index in [-0.39, 0.29) is 5.75 Å². The Balaban J connectivity index is 1.80. The molecule has 1 heterocycles. The SMILES string of the molecule is Oc1ccccc1CNc1ncc2ccccc2n1. The lowest BCUT2D eigenvalue weighted by molar-refractivity contribution is 0.469. The molecule has 0 spiro atoms. The molecule has 0 aliphatic carbocycles. The molecular formula is C15H13N3O. The van der Waals surface area contributed by atoms with Crippen LogP contribution in [0.5, 0.6) is 5.75 Å². The minimum atomic E-state index is 0.274. The van der Waals surface area contributed by atoms with E-state index in [1.807, 2.05) is 36.4 Å². The van der Waals surface area contributed by atoms with Crippen LogP contribution < -0.4 is 5.32 Å². The molecule has 4 nitrogen and oxygen atoms in total. The molecule has 0 radical (unpaired) electrons. The van der Waals surface area contributed by atoms with Crippen LogP contribution in [-0.4, -0.2) is 15.1 Å². The predicted octanol–water partition coefficient (Wildman–Crippen LogP) is 2.95. The van der Waals surface area contributed by atoms with Gasteiger partial charge in [-0.05, 0) is 12.1 Å². The summed E-state index contributed by atoms with van der Waals surface area (Å²) in [5.41, 5.74) is 1.72. The third-order valence-electron chi connectivity index (χ3n) is 2.92. The van der Waals surface area contributed by atoms with E-state index in [0.29, 0.717) is 12.5 Å². The van der Waals surface area contributed by atoms with Crippen molar-refractivity contribution in [2.75, 3.05) is 5.32 Å². The number of rotatable bonds is 3. The molecule has 2 N–H and O–H groups in total. The standard InChI is InChI=1S/C15H13N3O/c19-14-8-4-2-6-12(14)10-17-15-16-9-11-5-1-3-7-13(11)18-15/h1-9,19H,10H2,(H,16,17,18). The molecule has 4 heteroatoms. The summed E-state index contributed by atoms with van der Waals surface area (Å²) in [6, 6.07) is 15.0. The van der Waals surface area contributed by atoms with Crippen LogP contribution in [0.3, 0.4) is 0 Å². The molecule has 0 aliphatic heterocycles. The van der Waals surface area contributed by atoms with Crippen LogP contribution in [-0.2, 0) is 6.54 Å². The number of aromatic hydroxyl groups is 1. The molecule has 19 heavy (non-hydrogen) atoms. The van der Waals surface area contributed by atoms with Gasteiger partial charge < -0.3 is 10.4 Å². The summed E-state index contributed by atoms with van der Waals surface area (Å²) in [6.07, 6.45) is 1.79. The molecule has 0 amide bonds. The van der Waals surface area contributed by atoms with Crippen molar-refractivity contribution >= 4 is 16.9 Å². The summed E-state index contributed by atoms with van der Waals surface area (Å²) in [7, 11) is 0. The van der Waals surface area contributed by atoms with E-state index in [1.165, 1.54) is 0 Å². The first-order chi connectivity index (χ1) is 9.33. The van der Waals surface area contributed by atoms with Crippen LogP contribution in [0.4, 0.5) is 5.95 Å². The van der Waals surface area contributed by atoms with Gasteiger partial charge in [0, 0.05) is 23.7 Å². The fourth-order valence-corrected chi connectivity index (χ4v) is 1.89. The number of fused-ring (bicyclic) bond motifs is 1. The molecule has 1 aromatic heterocycles. The van der Waals surface area contributed by atoms with Crippen molar-refractivity contribution in [3.8, 4) is 5.75 Å². The second kappa shape index (κ2) is 4.94. The molecule has 3 rings (SSSR count). The summed E-state index contributed by atoms with van der Waals surface area (Å²) in [5.74, 6) is 0.831. The Morgan fingerprint density at radius 2 is 1.79 bits per heavy atom. The third-order valence-corrected chi connectivity index (χ3v) is 2.92. The number of nitrogens with one attached hydrogen (secondary N) is 1.